The van der Waals surface area contributed by atoms with Crippen molar-refractivity contribution in [1.82, 2.24) is 5.32 Å². The van der Waals surface area contributed by atoms with Crippen LogP contribution >= 0.6 is 0 Å². The number of hydrogen-bond donors (Lipinski definition) is 2. The Balaban J connectivity index is 0.00000385. The Hall–Kier alpha value is -3.55. The van der Waals surface area contributed by atoms with Gasteiger partial charge < -0.3 is 15.2 Å². The highest BCUT2D eigenvalue weighted by Gasteiger charge is 2.30. The van der Waals surface area contributed by atoms with E-state index < -0.39 is 29.7 Å². The van der Waals surface area contributed by atoms with Crippen molar-refractivity contribution in [1.29, 1.82) is 0 Å². The Morgan fingerprint density at radius 1 is 1.00 bits per heavy atom. The minimum atomic E-state index is -4.43. The van der Waals surface area contributed by atoms with E-state index in [4.69, 9.17) is 4.74 Å². The van der Waals surface area contributed by atoms with Crippen LogP contribution in [-0.2, 0) is 17.6 Å². The third kappa shape index (κ3) is 6.03. The zero-order valence-electron chi connectivity index (χ0n) is 17.4. The van der Waals surface area contributed by atoms with Crippen LogP contribution in [0, 0.1) is 5.92 Å². The summed E-state index contributed by atoms with van der Waals surface area (Å²) in [6.07, 6.45) is -4.43. The first-order valence-electron chi connectivity index (χ1n) is 9.92. The van der Waals surface area contributed by atoms with Gasteiger partial charge in [-0.1, -0.05) is 63.7 Å². The fourth-order valence-electron chi connectivity index (χ4n) is 3.26. The van der Waals surface area contributed by atoms with Gasteiger partial charge in [0, 0.05) is 5.39 Å². The lowest BCUT2D eigenvalue weighted by molar-refractivity contribution is -0.140. The van der Waals surface area contributed by atoms with Gasteiger partial charge in [0.1, 0.15) is 18.4 Å². The number of halogens is 3. The van der Waals surface area contributed by atoms with Crippen molar-refractivity contribution in [2.24, 2.45) is 5.92 Å². The number of alkyl halides is 3. The zero-order chi connectivity index (χ0) is 23.5. The van der Waals surface area contributed by atoms with Crippen LogP contribution < -0.4 is 10.1 Å². The molecule has 176 valence electrons. The van der Waals surface area contributed by atoms with Crippen molar-refractivity contribution >= 4 is 22.6 Å². The van der Waals surface area contributed by atoms with E-state index in [9.17, 15) is 27.9 Å². The summed E-state index contributed by atoms with van der Waals surface area (Å²) in [6, 6.07) is 13.9. The number of nitrogens with one attached hydrogen (secondary N) is 1. The van der Waals surface area contributed by atoms with Gasteiger partial charge in [-0.25, -0.2) is 4.79 Å². The first-order valence-corrected chi connectivity index (χ1v) is 9.92. The van der Waals surface area contributed by atoms with Crippen LogP contribution in [0.5, 0.6) is 5.75 Å². The SMILES string of the molecule is C.CC(C)[C@H](NC(=O)c1ccc2ccccc2c1OCc1ccc(C(F)(F)F)cc1)C(=O)O. The highest BCUT2D eigenvalue weighted by molar-refractivity contribution is 6.04. The van der Waals surface area contributed by atoms with Crippen LogP contribution in [0.4, 0.5) is 13.2 Å². The number of rotatable bonds is 7. The highest BCUT2D eigenvalue weighted by Crippen LogP contribution is 2.32. The molecule has 0 aliphatic carbocycles. The van der Waals surface area contributed by atoms with Gasteiger partial charge in [0.05, 0.1) is 11.1 Å². The quantitative estimate of drug-likeness (QED) is 0.459. The third-order valence-corrected chi connectivity index (χ3v) is 5.01. The molecule has 0 radical (unpaired) electrons. The summed E-state index contributed by atoms with van der Waals surface area (Å²) in [6.45, 7) is 3.29. The first-order chi connectivity index (χ1) is 15.1. The van der Waals surface area contributed by atoms with Gasteiger partial charge in [-0.05, 0) is 35.1 Å². The van der Waals surface area contributed by atoms with E-state index >= 15 is 0 Å². The standard InChI is InChI=1S/C24H22F3NO4.CH4/c1-14(2)20(23(30)31)28-22(29)19-12-9-16-5-3-4-6-18(16)21(19)32-13-15-7-10-17(11-8-15)24(25,26)27;/h3-12,14,20H,13H2,1-2H3,(H,28,29)(H,30,31);1H4/t20-;/m0./s1. The molecule has 0 aliphatic rings. The molecule has 0 aromatic heterocycles. The molecule has 5 nitrogen and oxygen atoms in total. The molecule has 2 N–H and O–H groups in total. The van der Waals surface area contributed by atoms with E-state index in [1.165, 1.54) is 12.1 Å². The molecule has 3 aromatic rings. The summed E-state index contributed by atoms with van der Waals surface area (Å²) in [7, 11) is 0. The largest absolute Gasteiger partial charge is 0.487 e. The molecule has 0 bridgehead atoms. The summed E-state index contributed by atoms with van der Waals surface area (Å²) in [5, 5.41) is 13.3. The molecule has 0 unspecified atom stereocenters. The predicted molar refractivity (Wildman–Crippen MR) is 120 cm³/mol. The van der Waals surface area contributed by atoms with Gasteiger partial charge in [-0.15, -0.1) is 0 Å². The number of aliphatic carboxylic acids is 1. The summed E-state index contributed by atoms with van der Waals surface area (Å²) in [5.74, 6) is -1.87. The maximum Gasteiger partial charge on any atom is 0.416 e. The Kier molecular flexibility index (Phi) is 8.08. The van der Waals surface area contributed by atoms with Crippen molar-refractivity contribution < 1.29 is 32.6 Å². The second kappa shape index (κ2) is 10.4. The van der Waals surface area contributed by atoms with E-state index in [1.54, 1.807) is 38.1 Å². The number of fused-ring (bicyclic) bond motifs is 1. The molecule has 0 saturated carbocycles. The molecule has 0 fully saturated rings. The van der Waals surface area contributed by atoms with Crippen molar-refractivity contribution in [3.8, 4) is 5.75 Å². The predicted octanol–water partition coefficient (Wildman–Crippen LogP) is 5.91. The summed E-state index contributed by atoms with van der Waals surface area (Å²) < 4.78 is 44.3. The van der Waals surface area contributed by atoms with E-state index in [-0.39, 0.29) is 31.3 Å². The molecule has 0 heterocycles. The van der Waals surface area contributed by atoms with Crippen molar-refractivity contribution in [3.05, 3.63) is 77.4 Å². The van der Waals surface area contributed by atoms with Crippen LogP contribution in [0.2, 0.25) is 0 Å². The summed E-state index contributed by atoms with van der Waals surface area (Å²) in [4.78, 5) is 24.4. The Labute approximate surface area is 190 Å². The molecule has 8 heteroatoms. The number of carboxylic acid groups (broad SMARTS) is 1. The van der Waals surface area contributed by atoms with Gasteiger partial charge in [-0.2, -0.15) is 13.2 Å². The number of carboxylic acids is 1. The average Bonchev–Trinajstić information content (AvgIpc) is 2.74. The fraction of sp³-hybridized carbons (Fsp3) is 0.280. The van der Waals surface area contributed by atoms with Gasteiger partial charge in [0.25, 0.3) is 5.91 Å². The normalized spacial score (nSPS) is 12.2. The molecule has 33 heavy (non-hydrogen) atoms. The topological polar surface area (TPSA) is 75.6 Å². The van der Waals surface area contributed by atoms with Crippen LogP contribution in [0.25, 0.3) is 10.8 Å². The molecule has 0 aliphatic heterocycles. The average molecular weight is 461 g/mol. The second-order valence-electron chi connectivity index (χ2n) is 7.68. The summed E-state index contributed by atoms with van der Waals surface area (Å²) in [5.41, 5.74) is -0.134. The molecular formula is C25H26F3NO4. The second-order valence-corrected chi connectivity index (χ2v) is 7.68. The number of carbonyl (C=O) groups is 2. The molecule has 0 spiro atoms. The molecule has 3 aromatic carbocycles. The third-order valence-electron chi connectivity index (χ3n) is 5.01. The van der Waals surface area contributed by atoms with Crippen LogP contribution in [0.1, 0.15) is 42.8 Å². The van der Waals surface area contributed by atoms with Gasteiger partial charge >= 0.3 is 12.1 Å². The number of ether oxygens (including phenoxy) is 1. The Morgan fingerprint density at radius 2 is 1.64 bits per heavy atom. The van der Waals surface area contributed by atoms with Gasteiger partial charge in [-0.3, -0.25) is 4.79 Å². The zero-order valence-corrected chi connectivity index (χ0v) is 17.4. The Morgan fingerprint density at radius 3 is 2.21 bits per heavy atom. The van der Waals surface area contributed by atoms with Crippen LogP contribution in [0.15, 0.2) is 60.7 Å². The Bertz CT molecular complexity index is 1120. The maximum absolute atomic E-state index is 12.9. The number of benzene rings is 3. The molecule has 1 amide bonds. The van der Waals surface area contributed by atoms with E-state index in [1.807, 2.05) is 12.1 Å². The lowest BCUT2D eigenvalue weighted by atomic mass is 10.0. The van der Waals surface area contributed by atoms with Crippen molar-refractivity contribution in [2.75, 3.05) is 0 Å². The lowest BCUT2D eigenvalue weighted by Crippen LogP contribution is -2.44. The lowest BCUT2D eigenvalue weighted by Gasteiger charge is -2.20. The van der Waals surface area contributed by atoms with E-state index in [0.717, 1.165) is 17.5 Å². The highest BCUT2D eigenvalue weighted by atomic mass is 19.4. The monoisotopic (exact) mass is 461 g/mol. The fourth-order valence-corrected chi connectivity index (χ4v) is 3.26. The van der Waals surface area contributed by atoms with Crippen molar-refractivity contribution in [3.63, 3.8) is 0 Å². The van der Waals surface area contributed by atoms with E-state index in [0.29, 0.717) is 10.9 Å². The van der Waals surface area contributed by atoms with Crippen LogP contribution in [0.3, 0.4) is 0 Å². The smallest absolute Gasteiger partial charge is 0.416 e. The molecule has 0 saturated heterocycles. The van der Waals surface area contributed by atoms with Crippen LogP contribution in [-0.4, -0.2) is 23.0 Å². The number of amides is 1. The molecule has 1 atom stereocenters. The number of carbonyl (C=O) groups excluding carboxylic acids is 1. The number of hydrogen-bond acceptors (Lipinski definition) is 3. The van der Waals surface area contributed by atoms with Crippen molar-refractivity contribution in [2.45, 2.75) is 40.1 Å². The minimum Gasteiger partial charge on any atom is -0.487 e. The summed E-state index contributed by atoms with van der Waals surface area (Å²) >= 11 is 0. The molecular weight excluding hydrogens is 435 g/mol. The van der Waals surface area contributed by atoms with E-state index in [2.05, 4.69) is 5.32 Å². The first kappa shape index (κ1) is 25.7. The van der Waals surface area contributed by atoms with Gasteiger partial charge in [0.2, 0.25) is 0 Å². The van der Waals surface area contributed by atoms with Gasteiger partial charge in [0.15, 0.2) is 0 Å². The molecule has 3 rings (SSSR count). The maximum atomic E-state index is 12.9. The minimum absolute atomic E-state index is 0.